The van der Waals surface area contributed by atoms with Gasteiger partial charge in [-0.15, -0.1) is 0 Å². The van der Waals surface area contributed by atoms with Crippen molar-refractivity contribution in [3.8, 4) is 11.5 Å². The number of carbonyl (C=O) groups is 2. The van der Waals surface area contributed by atoms with Gasteiger partial charge in [-0.25, -0.2) is 4.39 Å². The molecule has 0 spiro atoms. The smallest absolute Gasteiger partial charge is 0.300 e. The van der Waals surface area contributed by atoms with Crippen LogP contribution < -0.4 is 14.4 Å². The normalized spacial score (nSPS) is 17.1. The van der Waals surface area contributed by atoms with Gasteiger partial charge in [0.2, 0.25) is 0 Å². The highest BCUT2D eigenvalue weighted by molar-refractivity contribution is 6.51. The van der Waals surface area contributed by atoms with Crippen LogP contribution in [0.2, 0.25) is 0 Å². The van der Waals surface area contributed by atoms with E-state index in [-0.39, 0.29) is 11.1 Å². The Hall–Kier alpha value is -4.13. The van der Waals surface area contributed by atoms with Gasteiger partial charge >= 0.3 is 0 Å². The van der Waals surface area contributed by atoms with E-state index < -0.39 is 29.3 Å². The average Bonchev–Trinajstić information content (AvgIpc) is 3.13. The fourth-order valence-corrected chi connectivity index (χ4v) is 3.94. The molecule has 0 radical (unpaired) electrons. The number of ether oxygens (including phenoxy) is 2. The molecule has 174 valence electrons. The van der Waals surface area contributed by atoms with Crippen molar-refractivity contribution < 1.29 is 28.6 Å². The van der Waals surface area contributed by atoms with Crippen molar-refractivity contribution in [1.82, 2.24) is 0 Å². The first-order valence-corrected chi connectivity index (χ1v) is 10.9. The highest BCUT2D eigenvalue weighted by atomic mass is 19.1. The first kappa shape index (κ1) is 23.0. The lowest BCUT2D eigenvalue weighted by atomic mass is 9.94. The van der Waals surface area contributed by atoms with Crippen molar-refractivity contribution in [3.05, 3.63) is 95.3 Å². The summed E-state index contributed by atoms with van der Waals surface area (Å²) in [5.41, 5.74) is 0.564. The first-order chi connectivity index (χ1) is 16.5. The highest BCUT2D eigenvalue weighted by Gasteiger charge is 2.47. The van der Waals surface area contributed by atoms with Crippen molar-refractivity contribution in [2.75, 3.05) is 18.6 Å². The van der Waals surface area contributed by atoms with Gasteiger partial charge in [-0.05, 0) is 48.9 Å². The Balaban J connectivity index is 1.89. The Labute approximate surface area is 196 Å². The number of anilines is 1. The molecule has 1 saturated heterocycles. The predicted molar refractivity (Wildman–Crippen MR) is 126 cm³/mol. The molecule has 0 aliphatic carbocycles. The number of aliphatic hydroxyl groups is 1. The number of hydrogen-bond acceptors (Lipinski definition) is 5. The average molecular weight is 461 g/mol. The van der Waals surface area contributed by atoms with E-state index >= 15 is 0 Å². The zero-order valence-electron chi connectivity index (χ0n) is 18.8. The Morgan fingerprint density at radius 2 is 1.74 bits per heavy atom. The van der Waals surface area contributed by atoms with Crippen LogP contribution in [-0.4, -0.2) is 30.5 Å². The van der Waals surface area contributed by atoms with Crippen LogP contribution in [0.5, 0.6) is 11.5 Å². The Bertz CT molecular complexity index is 1250. The molecule has 4 rings (SSSR count). The highest BCUT2D eigenvalue weighted by Crippen LogP contribution is 2.43. The molecule has 6 nitrogen and oxygen atoms in total. The van der Waals surface area contributed by atoms with E-state index in [1.54, 1.807) is 54.6 Å². The number of nitrogens with zero attached hydrogens (tertiary/aromatic N) is 1. The van der Waals surface area contributed by atoms with E-state index in [1.807, 2.05) is 6.92 Å². The Kier molecular flexibility index (Phi) is 6.63. The third-order valence-electron chi connectivity index (χ3n) is 5.58. The lowest BCUT2D eigenvalue weighted by Crippen LogP contribution is -2.29. The molecule has 1 atom stereocenters. The number of ketones is 1. The number of amides is 1. The molecule has 1 amide bonds. The summed E-state index contributed by atoms with van der Waals surface area (Å²) in [4.78, 5) is 27.6. The monoisotopic (exact) mass is 461 g/mol. The van der Waals surface area contributed by atoms with E-state index in [0.717, 1.165) is 6.42 Å². The van der Waals surface area contributed by atoms with E-state index in [4.69, 9.17) is 9.47 Å². The molecule has 1 aliphatic heterocycles. The van der Waals surface area contributed by atoms with Crippen molar-refractivity contribution >= 4 is 23.1 Å². The largest absolute Gasteiger partial charge is 0.507 e. The summed E-state index contributed by atoms with van der Waals surface area (Å²) in [5, 5.41) is 11.2. The second kappa shape index (κ2) is 9.79. The third-order valence-corrected chi connectivity index (χ3v) is 5.58. The molecular weight excluding hydrogens is 437 g/mol. The van der Waals surface area contributed by atoms with Crippen molar-refractivity contribution in [3.63, 3.8) is 0 Å². The molecule has 34 heavy (non-hydrogen) atoms. The van der Waals surface area contributed by atoms with Crippen LogP contribution in [0.15, 0.2) is 78.4 Å². The molecule has 1 unspecified atom stereocenters. The van der Waals surface area contributed by atoms with Gasteiger partial charge < -0.3 is 14.6 Å². The molecule has 0 saturated carbocycles. The number of hydrogen-bond donors (Lipinski definition) is 1. The zero-order chi connectivity index (χ0) is 24.2. The van der Waals surface area contributed by atoms with Gasteiger partial charge in [0, 0.05) is 16.8 Å². The maximum atomic E-state index is 15.0. The maximum Gasteiger partial charge on any atom is 0.300 e. The second-order valence-corrected chi connectivity index (χ2v) is 7.76. The minimum absolute atomic E-state index is 0.0949. The molecule has 0 bridgehead atoms. The fourth-order valence-electron chi connectivity index (χ4n) is 3.94. The lowest BCUT2D eigenvalue weighted by molar-refractivity contribution is -0.132. The van der Waals surface area contributed by atoms with Gasteiger partial charge in [0.25, 0.3) is 11.7 Å². The Morgan fingerprint density at radius 1 is 1.00 bits per heavy atom. The molecule has 0 aromatic heterocycles. The summed E-state index contributed by atoms with van der Waals surface area (Å²) < 4.78 is 25.8. The van der Waals surface area contributed by atoms with E-state index in [0.29, 0.717) is 29.4 Å². The first-order valence-electron chi connectivity index (χ1n) is 10.9. The van der Waals surface area contributed by atoms with E-state index in [1.165, 1.54) is 30.2 Å². The summed E-state index contributed by atoms with van der Waals surface area (Å²) >= 11 is 0. The molecule has 7 heteroatoms. The van der Waals surface area contributed by atoms with Crippen LogP contribution in [0, 0.1) is 5.82 Å². The third kappa shape index (κ3) is 4.24. The molecule has 1 aliphatic rings. The topological polar surface area (TPSA) is 76.1 Å². The van der Waals surface area contributed by atoms with Gasteiger partial charge in [-0.3, -0.25) is 14.5 Å². The number of carbonyl (C=O) groups excluding carboxylic acids is 2. The van der Waals surface area contributed by atoms with Crippen LogP contribution in [-0.2, 0) is 9.59 Å². The zero-order valence-corrected chi connectivity index (χ0v) is 18.8. The summed E-state index contributed by atoms with van der Waals surface area (Å²) in [6.07, 6.45) is 0.802. The van der Waals surface area contributed by atoms with E-state index in [2.05, 4.69) is 0 Å². The lowest BCUT2D eigenvalue weighted by Gasteiger charge is -2.26. The van der Waals surface area contributed by atoms with Crippen molar-refractivity contribution in [2.45, 2.75) is 19.4 Å². The van der Waals surface area contributed by atoms with Crippen LogP contribution in [0.25, 0.3) is 5.76 Å². The quantitative estimate of drug-likeness (QED) is 0.296. The van der Waals surface area contributed by atoms with Crippen molar-refractivity contribution in [1.29, 1.82) is 0 Å². The van der Waals surface area contributed by atoms with Crippen LogP contribution in [0.4, 0.5) is 10.1 Å². The van der Waals surface area contributed by atoms with Gasteiger partial charge in [0.05, 0.1) is 25.3 Å². The molecule has 1 N–H and O–H groups in total. The summed E-state index contributed by atoms with van der Waals surface area (Å²) in [6.45, 7) is 2.46. The molecule has 3 aromatic rings. The number of aliphatic hydroxyl groups excluding tert-OH is 1. The molecule has 1 fully saturated rings. The molecule has 3 aromatic carbocycles. The number of methoxy groups -OCH3 is 1. The van der Waals surface area contributed by atoms with Gasteiger partial charge in [0.15, 0.2) is 0 Å². The van der Waals surface area contributed by atoms with Crippen LogP contribution in [0.3, 0.4) is 0 Å². The molecular formula is C27H24FNO5. The maximum absolute atomic E-state index is 15.0. The van der Waals surface area contributed by atoms with Crippen molar-refractivity contribution in [2.24, 2.45) is 0 Å². The van der Waals surface area contributed by atoms with Gasteiger partial charge in [-0.2, -0.15) is 0 Å². The molecule has 1 heterocycles. The number of Topliss-reactive ketones (excluding diaryl/α,β-unsaturated/α-hetero) is 1. The Morgan fingerprint density at radius 3 is 2.41 bits per heavy atom. The van der Waals surface area contributed by atoms with Gasteiger partial charge in [0.1, 0.15) is 23.1 Å². The minimum Gasteiger partial charge on any atom is -0.507 e. The fraction of sp³-hybridized carbons (Fsp3) is 0.185. The predicted octanol–water partition coefficient (Wildman–Crippen LogP) is 5.25. The second-order valence-electron chi connectivity index (χ2n) is 7.76. The van der Waals surface area contributed by atoms with E-state index in [9.17, 15) is 19.1 Å². The number of halogens is 1. The number of rotatable bonds is 7. The SMILES string of the molecule is CCCOc1cccc(/C(O)=C2/C(=O)C(=O)N(c3ccc(OC)cc3)C2c2ccccc2F)c1. The van der Waals surface area contributed by atoms with Gasteiger partial charge in [-0.1, -0.05) is 37.3 Å². The standard InChI is InChI=1S/C27H24FNO5/c1-3-15-34-20-8-6-7-17(16-20)25(30)23-24(21-9-4-5-10-22(21)28)29(27(32)26(23)31)18-11-13-19(33-2)14-12-18/h4-14,16,24,30H,3,15H2,1-2H3/b25-23-. The minimum atomic E-state index is -1.16. The summed E-state index contributed by atoms with van der Waals surface area (Å²) in [6, 6.07) is 17.8. The summed E-state index contributed by atoms with van der Waals surface area (Å²) in [5.74, 6) is -1.69. The number of benzene rings is 3. The van der Waals surface area contributed by atoms with Crippen LogP contribution >= 0.6 is 0 Å². The van der Waals surface area contributed by atoms with Crippen LogP contribution in [0.1, 0.15) is 30.5 Å². The summed E-state index contributed by atoms with van der Waals surface area (Å²) in [7, 11) is 1.51.